The molecule has 2 rings (SSSR count). The molecule has 0 fully saturated rings. The van der Waals surface area contributed by atoms with Gasteiger partial charge in [-0.25, -0.2) is 4.79 Å². The highest BCUT2D eigenvalue weighted by Crippen LogP contribution is 2.26. The first-order valence-corrected chi connectivity index (χ1v) is 5.26. The van der Waals surface area contributed by atoms with E-state index >= 15 is 0 Å². The van der Waals surface area contributed by atoms with Gasteiger partial charge in [-0.2, -0.15) is 0 Å². The number of benzene rings is 1. The van der Waals surface area contributed by atoms with Crippen LogP contribution >= 0.6 is 0 Å². The van der Waals surface area contributed by atoms with Gasteiger partial charge in [0.2, 0.25) is 5.69 Å². The van der Waals surface area contributed by atoms with Crippen LogP contribution in [0.2, 0.25) is 0 Å². The molecule has 5 nitrogen and oxygen atoms in total. The molecule has 5 heteroatoms. The fourth-order valence-electron chi connectivity index (χ4n) is 1.48. The standard InChI is InChI=1S/C12H14N2O3/c1-12(2,3)16-11(15)10-9-7(13)5-4-6-8(9)17-14-10/h4-6H,13H2,1-3H3. The van der Waals surface area contributed by atoms with E-state index in [0.29, 0.717) is 16.7 Å². The van der Waals surface area contributed by atoms with Crippen LogP contribution in [0.3, 0.4) is 0 Å². The molecule has 0 aliphatic rings. The van der Waals surface area contributed by atoms with Crippen LogP contribution in [-0.2, 0) is 4.74 Å². The van der Waals surface area contributed by atoms with E-state index < -0.39 is 11.6 Å². The molecule has 1 heterocycles. The molecular weight excluding hydrogens is 220 g/mol. The first kappa shape index (κ1) is 11.4. The zero-order chi connectivity index (χ0) is 12.6. The van der Waals surface area contributed by atoms with Crippen LogP contribution in [0.1, 0.15) is 31.3 Å². The van der Waals surface area contributed by atoms with Crippen molar-refractivity contribution in [2.24, 2.45) is 0 Å². The normalized spacial score (nSPS) is 11.7. The van der Waals surface area contributed by atoms with Crippen molar-refractivity contribution in [1.82, 2.24) is 5.16 Å². The van der Waals surface area contributed by atoms with Gasteiger partial charge in [0.25, 0.3) is 0 Å². The van der Waals surface area contributed by atoms with Crippen LogP contribution in [0, 0.1) is 0 Å². The van der Waals surface area contributed by atoms with E-state index in [9.17, 15) is 4.79 Å². The van der Waals surface area contributed by atoms with Crippen molar-refractivity contribution in [2.75, 3.05) is 5.73 Å². The lowest BCUT2D eigenvalue weighted by Gasteiger charge is -2.18. The number of carbonyl (C=O) groups excluding carboxylic acids is 1. The second-order valence-electron chi connectivity index (χ2n) is 4.75. The van der Waals surface area contributed by atoms with Gasteiger partial charge < -0.3 is 15.0 Å². The topological polar surface area (TPSA) is 78.3 Å². The van der Waals surface area contributed by atoms with Gasteiger partial charge in [-0.3, -0.25) is 0 Å². The molecular formula is C12H14N2O3. The average molecular weight is 234 g/mol. The Balaban J connectivity index is 2.46. The van der Waals surface area contributed by atoms with E-state index in [1.807, 2.05) is 0 Å². The first-order chi connectivity index (χ1) is 7.88. The van der Waals surface area contributed by atoms with Gasteiger partial charge in [0.1, 0.15) is 5.60 Å². The van der Waals surface area contributed by atoms with Crippen molar-refractivity contribution in [3.8, 4) is 0 Å². The van der Waals surface area contributed by atoms with Gasteiger partial charge >= 0.3 is 5.97 Å². The maximum Gasteiger partial charge on any atom is 0.361 e. The van der Waals surface area contributed by atoms with Crippen molar-refractivity contribution >= 4 is 22.6 Å². The summed E-state index contributed by atoms with van der Waals surface area (Å²) < 4.78 is 10.3. The predicted octanol–water partition coefficient (Wildman–Crippen LogP) is 2.37. The molecule has 2 N–H and O–H groups in total. The Morgan fingerprint density at radius 1 is 1.41 bits per heavy atom. The zero-order valence-corrected chi connectivity index (χ0v) is 9.98. The maximum atomic E-state index is 11.9. The number of nitrogens with zero attached hydrogens (tertiary/aromatic N) is 1. The van der Waals surface area contributed by atoms with E-state index in [-0.39, 0.29) is 5.69 Å². The molecule has 0 atom stereocenters. The van der Waals surface area contributed by atoms with E-state index in [1.54, 1.807) is 39.0 Å². The van der Waals surface area contributed by atoms with Crippen molar-refractivity contribution in [3.05, 3.63) is 23.9 Å². The van der Waals surface area contributed by atoms with Crippen molar-refractivity contribution in [3.63, 3.8) is 0 Å². The lowest BCUT2D eigenvalue weighted by Crippen LogP contribution is -2.24. The molecule has 0 saturated heterocycles. The van der Waals surface area contributed by atoms with Crippen LogP contribution in [0.4, 0.5) is 5.69 Å². The van der Waals surface area contributed by atoms with E-state index in [2.05, 4.69) is 5.16 Å². The Kier molecular flexibility index (Phi) is 2.53. The van der Waals surface area contributed by atoms with E-state index in [1.165, 1.54) is 0 Å². The van der Waals surface area contributed by atoms with Gasteiger partial charge in [0.05, 0.1) is 5.39 Å². The molecule has 1 aromatic heterocycles. The van der Waals surface area contributed by atoms with Gasteiger partial charge in [0.15, 0.2) is 5.58 Å². The molecule has 0 saturated carbocycles. The SMILES string of the molecule is CC(C)(C)OC(=O)c1noc2cccc(N)c12. The molecule has 0 bridgehead atoms. The molecule has 0 amide bonds. The Morgan fingerprint density at radius 3 is 2.76 bits per heavy atom. The summed E-state index contributed by atoms with van der Waals surface area (Å²) >= 11 is 0. The number of nitrogens with two attached hydrogens (primary N) is 1. The second-order valence-corrected chi connectivity index (χ2v) is 4.75. The molecule has 1 aromatic carbocycles. The largest absolute Gasteiger partial charge is 0.455 e. The highest BCUT2D eigenvalue weighted by Gasteiger charge is 2.24. The third-order valence-electron chi connectivity index (χ3n) is 2.12. The number of fused-ring (bicyclic) bond motifs is 1. The number of hydrogen-bond acceptors (Lipinski definition) is 5. The molecule has 0 unspecified atom stereocenters. The fraction of sp³-hybridized carbons (Fsp3) is 0.333. The quantitative estimate of drug-likeness (QED) is 0.605. The van der Waals surface area contributed by atoms with E-state index in [0.717, 1.165) is 0 Å². The Labute approximate surface area is 98.5 Å². The monoisotopic (exact) mass is 234 g/mol. The number of anilines is 1. The molecule has 2 aromatic rings. The fourth-order valence-corrected chi connectivity index (χ4v) is 1.48. The number of hydrogen-bond donors (Lipinski definition) is 1. The minimum Gasteiger partial charge on any atom is -0.455 e. The number of aromatic nitrogens is 1. The lowest BCUT2D eigenvalue weighted by atomic mass is 10.1. The van der Waals surface area contributed by atoms with Crippen LogP contribution in [-0.4, -0.2) is 16.7 Å². The van der Waals surface area contributed by atoms with Crippen LogP contribution in [0.15, 0.2) is 22.7 Å². The number of ether oxygens (including phenoxy) is 1. The van der Waals surface area contributed by atoms with Crippen LogP contribution in [0.25, 0.3) is 11.0 Å². The summed E-state index contributed by atoms with van der Waals surface area (Å²) in [4.78, 5) is 11.9. The number of nitrogen functional groups attached to an aromatic ring is 1. The first-order valence-electron chi connectivity index (χ1n) is 5.26. The average Bonchev–Trinajstić information content (AvgIpc) is 2.60. The molecule has 0 radical (unpaired) electrons. The lowest BCUT2D eigenvalue weighted by molar-refractivity contribution is 0.00610. The van der Waals surface area contributed by atoms with Gasteiger partial charge in [-0.1, -0.05) is 11.2 Å². The van der Waals surface area contributed by atoms with Crippen molar-refractivity contribution in [2.45, 2.75) is 26.4 Å². The summed E-state index contributed by atoms with van der Waals surface area (Å²) in [6.07, 6.45) is 0. The highest BCUT2D eigenvalue weighted by molar-refractivity contribution is 6.06. The van der Waals surface area contributed by atoms with Crippen LogP contribution in [0.5, 0.6) is 0 Å². The van der Waals surface area contributed by atoms with Gasteiger partial charge in [-0.15, -0.1) is 0 Å². The Morgan fingerprint density at radius 2 is 2.12 bits per heavy atom. The Hall–Kier alpha value is -2.04. The number of esters is 1. The highest BCUT2D eigenvalue weighted by atomic mass is 16.6. The third-order valence-corrected chi connectivity index (χ3v) is 2.12. The summed E-state index contributed by atoms with van der Waals surface area (Å²) in [7, 11) is 0. The minimum absolute atomic E-state index is 0.119. The molecule has 90 valence electrons. The molecule has 0 spiro atoms. The number of rotatable bonds is 1. The van der Waals surface area contributed by atoms with Gasteiger partial charge in [-0.05, 0) is 32.9 Å². The minimum atomic E-state index is -0.577. The predicted molar refractivity (Wildman–Crippen MR) is 63.6 cm³/mol. The summed E-state index contributed by atoms with van der Waals surface area (Å²) in [5.74, 6) is -0.533. The molecule has 0 aliphatic heterocycles. The van der Waals surface area contributed by atoms with Crippen LogP contribution < -0.4 is 5.73 Å². The molecule has 0 aliphatic carbocycles. The maximum absolute atomic E-state index is 11.9. The smallest absolute Gasteiger partial charge is 0.361 e. The van der Waals surface area contributed by atoms with E-state index in [4.69, 9.17) is 15.0 Å². The van der Waals surface area contributed by atoms with Crippen molar-refractivity contribution < 1.29 is 14.1 Å². The molecule has 17 heavy (non-hydrogen) atoms. The summed E-state index contributed by atoms with van der Waals surface area (Å²) in [6, 6.07) is 5.13. The third kappa shape index (κ3) is 2.22. The summed E-state index contributed by atoms with van der Waals surface area (Å²) in [6.45, 7) is 5.36. The summed E-state index contributed by atoms with van der Waals surface area (Å²) in [5, 5.41) is 4.21. The van der Waals surface area contributed by atoms with Crippen molar-refractivity contribution in [1.29, 1.82) is 0 Å². The number of carbonyl (C=O) groups is 1. The summed E-state index contributed by atoms with van der Waals surface area (Å²) in [5.41, 5.74) is 6.26. The zero-order valence-electron chi connectivity index (χ0n) is 9.98. The second kappa shape index (κ2) is 3.76. The Bertz CT molecular complexity index is 567. The van der Waals surface area contributed by atoms with Gasteiger partial charge in [0, 0.05) is 5.69 Å².